The zero-order chi connectivity index (χ0) is 20.7. The first-order chi connectivity index (χ1) is 13.8. The number of ether oxygens (including phenoxy) is 1. The molecule has 3 aromatic rings. The number of carbonyl (C=O) groups excluding carboxylic acids is 1. The molecular formula is C21H22N4O4. The lowest BCUT2D eigenvalue weighted by molar-refractivity contribution is -0.139. The number of nitrogens with zero attached hydrogens (tertiary/aromatic N) is 3. The first kappa shape index (κ1) is 18.9. The summed E-state index contributed by atoms with van der Waals surface area (Å²) in [5.74, 6) is -0.846. The summed E-state index contributed by atoms with van der Waals surface area (Å²) < 4.78 is 7.22. The summed E-state index contributed by atoms with van der Waals surface area (Å²) in [6, 6.07) is 5.77. The topological polar surface area (TPSA) is 106 Å². The Morgan fingerprint density at radius 2 is 2.07 bits per heavy atom. The highest BCUT2D eigenvalue weighted by Crippen LogP contribution is 2.29. The molecule has 0 bridgehead atoms. The molecule has 0 aliphatic carbocycles. The van der Waals surface area contributed by atoms with Crippen LogP contribution in [0, 0.1) is 6.92 Å². The Morgan fingerprint density at radius 1 is 1.28 bits per heavy atom. The van der Waals surface area contributed by atoms with Gasteiger partial charge >= 0.3 is 5.97 Å². The van der Waals surface area contributed by atoms with Crippen molar-refractivity contribution in [2.45, 2.75) is 39.3 Å². The molecule has 3 heterocycles. The average molecular weight is 394 g/mol. The van der Waals surface area contributed by atoms with Gasteiger partial charge in [-0.2, -0.15) is 5.10 Å². The minimum atomic E-state index is -1.17. The van der Waals surface area contributed by atoms with Gasteiger partial charge in [-0.05, 0) is 50.1 Å². The standard InChI is InChI=1S/C21H22N4O4/c1-11(2)25-19-16(10-22-25)15(8-12(3)23-19)20(26)24-18(21(27)28)14-4-5-17-13(9-14)6-7-29-17/h4-5,8-11,18H,6-7H2,1-3H3,(H,24,26)(H,27,28). The lowest BCUT2D eigenvalue weighted by Gasteiger charge is -2.16. The van der Waals surface area contributed by atoms with Crippen LogP contribution in [0.1, 0.15) is 53.1 Å². The zero-order valence-electron chi connectivity index (χ0n) is 16.5. The lowest BCUT2D eigenvalue weighted by Crippen LogP contribution is -2.34. The molecule has 1 unspecified atom stereocenters. The zero-order valence-corrected chi connectivity index (χ0v) is 16.5. The van der Waals surface area contributed by atoms with Crippen LogP contribution in [0.4, 0.5) is 0 Å². The third kappa shape index (κ3) is 3.41. The summed E-state index contributed by atoms with van der Waals surface area (Å²) in [6.45, 7) is 6.34. The normalized spacial score (nSPS) is 13.9. The monoisotopic (exact) mass is 394 g/mol. The summed E-state index contributed by atoms with van der Waals surface area (Å²) in [6.07, 6.45) is 2.32. The Balaban J connectivity index is 1.69. The molecule has 0 saturated heterocycles. The summed E-state index contributed by atoms with van der Waals surface area (Å²) in [7, 11) is 0. The molecule has 4 rings (SSSR count). The molecule has 0 radical (unpaired) electrons. The number of hydrogen-bond donors (Lipinski definition) is 2. The van der Waals surface area contributed by atoms with Crippen molar-refractivity contribution in [3.8, 4) is 5.75 Å². The maximum atomic E-state index is 13.0. The molecule has 29 heavy (non-hydrogen) atoms. The molecule has 2 N–H and O–H groups in total. The molecule has 1 aliphatic rings. The van der Waals surface area contributed by atoms with Crippen LogP contribution in [0.25, 0.3) is 11.0 Å². The fraction of sp³-hybridized carbons (Fsp3) is 0.333. The first-order valence-electron chi connectivity index (χ1n) is 9.49. The molecule has 1 amide bonds. The van der Waals surface area contributed by atoms with E-state index in [0.29, 0.717) is 34.5 Å². The third-order valence-electron chi connectivity index (χ3n) is 5.00. The van der Waals surface area contributed by atoms with Crippen LogP contribution < -0.4 is 10.1 Å². The van der Waals surface area contributed by atoms with Gasteiger partial charge in [-0.15, -0.1) is 0 Å². The van der Waals surface area contributed by atoms with Crippen LogP contribution in [0.3, 0.4) is 0 Å². The summed E-state index contributed by atoms with van der Waals surface area (Å²) in [5, 5.41) is 17.3. The lowest BCUT2D eigenvalue weighted by atomic mass is 10.0. The van der Waals surface area contributed by atoms with Crippen molar-refractivity contribution in [2.24, 2.45) is 0 Å². The smallest absolute Gasteiger partial charge is 0.330 e. The SMILES string of the molecule is Cc1cc(C(=O)NC(C(=O)O)c2ccc3c(c2)CCO3)c2cnn(C(C)C)c2n1. The van der Waals surface area contributed by atoms with Gasteiger partial charge in [0, 0.05) is 18.2 Å². The van der Waals surface area contributed by atoms with E-state index >= 15 is 0 Å². The quantitative estimate of drug-likeness (QED) is 0.689. The van der Waals surface area contributed by atoms with Gasteiger partial charge in [-0.25, -0.2) is 14.5 Å². The Bertz CT molecular complexity index is 1120. The molecule has 8 nitrogen and oxygen atoms in total. The number of aryl methyl sites for hydroxylation is 1. The van der Waals surface area contributed by atoms with E-state index in [1.807, 2.05) is 13.8 Å². The molecule has 0 saturated carbocycles. The van der Waals surface area contributed by atoms with Gasteiger partial charge in [0.05, 0.1) is 23.8 Å². The molecule has 150 valence electrons. The molecular weight excluding hydrogens is 372 g/mol. The van der Waals surface area contributed by atoms with Crippen molar-refractivity contribution in [2.75, 3.05) is 6.61 Å². The summed E-state index contributed by atoms with van der Waals surface area (Å²) >= 11 is 0. The second-order valence-corrected chi connectivity index (χ2v) is 7.44. The maximum absolute atomic E-state index is 13.0. The number of carbonyl (C=O) groups is 2. The van der Waals surface area contributed by atoms with Crippen LogP contribution in [-0.4, -0.2) is 38.4 Å². The fourth-order valence-electron chi connectivity index (χ4n) is 3.59. The van der Waals surface area contributed by atoms with Crippen molar-refractivity contribution >= 4 is 22.9 Å². The van der Waals surface area contributed by atoms with Crippen LogP contribution in [0.2, 0.25) is 0 Å². The summed E-state index contributed by atoms with van der Waals surface area (Å²) in [5.41, 5.74) is 3.08. The minimum absolute atomic E-state index is 0.0816. The van der Waals surface area contributed by atoms with Gasteiger partial charge in [0.1, 0.15) is 5.75 Å². The second kappa shape index (κ2) is 7.20. The number of carboxylic acid groups (broad SMARTS) is 1. The van der Waals surface area contributed by atoms with Crippen LogP contribution in [0.15, 0.2) is 30.5 Å². The van der Waals surface area contributed by atoms with E-state index in [2.05, 4.69) is 15.4 Å². The van der Waals surface area contributed by atoms with E-state index in [9.17, 15) is 14.7 Å². The number of carboxylic acids is 1. The second-order valence-electron chi connectivity index (χ2n) is 7.44. The number of rotatable bonds is 5. The number of aromatic nitrogens is 3. The molecule has 0 fully saturated rings. The van der Waals surface area contributed by atoms with Gasteiger partial charge in [0.2, 0.25) is 0 Å². The van der Waals surface area contributed by atoms with E-state index in [4.69, 9.17) is 4.74 Å². The maximum Gasteiger partial charge on any atom is 0.330 e. The van der Waals surface area contributed by atoms with E-state index in [1.54, 1.807) is 42.1 Å². The van der Waals surface area contributed by atoms with E-state index in [1.165, 1.54) is 0 Å². The van der Waals surface area contributed by atoms with E-state index in [-0.39, 0.29) is 6.04 Å². The van der Waals surface area contributed by atoms with Crippen molar-refractivity contribution in [3.05, 3.63) is 52.8 Å². The van der Waals surface area contributed by atoms with Gasteiger partial charge in [-0.3, -0.25) is 4.79 Å². The number of pyridine rings is 1. The third-order valence-corrected chi connectivity index (χ3v) is 5.00. The Hall–Kier alpha value is -3.42. The van der Waals surface area contributed by atoms with Crippen molar-refractivity contribution in [1.29, 1.82) is 0 Å². The molecule has 0 spiro atoms. The highest BCUT2D eigenvalue weighted by Gasteiger charge is 2.26. The Labute approximate surface area is 167 Å². The van der Waals surface area contributed by atoms with Gasteiger partial charge in [0.15, 0.2) is 11.7 Å². The first-order valence-corrected chi connectivity index (χ1v) is 9.49. The Morgan fingerprint density at radius 3 is 2.79 bits per heavy atom. The Kier molecular flexibility index (Phi) is 4.70. The van der Waals surface area contributed by atoms with Gasteiger partial charge < -0.3 is 15.2 Å². The van der Waals surface area contributed by atoms with Crippen LogP contribution in [0.5, 0.6) is 5.75 Å². The highest BCUT2D eigenvalue weighted by molar-refractivity contribution is 6.06. The number of benzene rings is 1. The number of aliphatic carboxylic acids is 1. The van der Waals surface area contributed by atoms with Crippen molar-refractivity contribution in [3.63, 3.8) is 0 Å². The minimum Gasteiger partial charge on any atom is -0.493 e. The van der Waals surface area contributed by atoms with Crippen molar-refractivity contribution in [1.82, 2.24) is 20.1 Å². The van der Waals surface area contributed by atoms with Gasteiger partial charge in [0.25, 0.3) is 5.91 Å². The molecule has 1 aromatic carbocycles. The van der Waals surface area contributed by atoms with E-state index in [0.717, 1.165) is 17.7 Å². The number of hydrogen-bond acceptors (Lipinski definition) is 5. The van der Waals surface area contributed by atoms with Gasteiger partial charge in [-0.1, -0.05) is 6.07 Å². The van der Waals surface area contributed by atoms with Crippen molar-refractivity contribution < 1.29 is 19.4 Å². The van der Waals surface area contributed by atoms with Crippen LogP contribution >= 0.6 is 0 Å². The molecule has 2 aromatic heterocycles. The summed E-state index contributed by atoms with van der Waals surface area (Å²) in [4.78, 5) is 29.5. The number of nitrogens with one attached hydrogen (secondary N) is 1. The molecule has 1 aliphatic heterocycles. The van der Waals surface area contributed by atoms with E-state index < -0.39 is 17.9 Å². The largest absolute Gasteiger partial charge is 0.493 e. The molecule has 1 atom stereocenters. The highest BCUT2D eigenvalue weighted by atomic mass is 16.5. The number of fused-ring (bicyclic) bond motifs is 2. The fourth-order valence-corrected chi connectivity index (χ4v) is 3.59. The predicted octanol–water partition coefficient (Wildman–Crippen LogP) is 2.81. The molecule has 8 heteroatoms. The predicted molar refractivity (Wildman–Crippen MR) is 106 cm³/mol. The van der Waals surface area contributed by atoms with Crippen LogP contribution in [-0.2, 0) is 11.2 Å². The number of amides is 1. The average Bonchev–Trinajstić information content (AvgIpc) is 3.30.